The third kappa shape index (κ3) is 4.27. The smallest absolute Gasteiger partial charge is 0.351 e. The van der Waals surface area contributed by atoms with Gasteiger partial charge in [-0.05, 0) is 48.4 Å². The molecule has 0 radical (unpaired) electrons. The highest BCUT2D eigenvalue weighted by Crippen LogP contribution is 2.29. The summed E-state index contributed by atoms with van der Waals surface area (Å²) < 4.78 is 51.2. The zero-order chi connectivity index (χ0) is 19.6. The molecule has 1 N–H and O–H groups in total. The molecule has 0 aliphatic carbocycles. The van der Waals surface area contributed by atoms with Crippen LogP contribution in [0.3, 0.4) is 0 Å². The third-order valence-corrected chi connectivity index (χ3v) is 4.38. The van der Waals surface area contributed by atoms with Gasteiger partial charge in [0.25, 0.3) is 0 Å². The highest BCUT2D eigenvalue weighted by Gasteiger charge is 2.37. The monoisotopic (exact) mass is 380 g/mol. The second-order valence-corrected chi connectivity index (χ2v) is 6.22. The minimum atomic E-state index is -4.46. The van der Waals surface area contributed by atoms with E-state index in [9.17, 15) is 27.2 Å². The van der Waals surface area contributed by atoms with Crippen molar-refractivity contribution in [2.75, 3.05) is 11.4 Å². The number of carbonyl (C=O) groups is 2. The molecule has 2 aromatic rings. The van der Waals surface area contributed by atoms with Gasteiger partial charge in [0, 0.05) is 18.8 Å². The number of alkyl halides is 3. The molecule has 142 valence electrons. The second-order valence-electron chi connectivity index (χ2n) is 6.22. The first kappa shape index (κ1) is 18.9. The number of nitrogens with zero attached hydrogens (tertiary/aromatic N) is 1. The van der Waals surface area contributed by atoms with Crippen molar-refractivity contribution in [3.05, 3.63) is 65.5 Å². The van der Waals surface area contributed by atoms with E-state index in [1.54, 1.807) is 0 Å². The number of carbonyl (C=O) groups excluding carboxylic acids is 2. The lowest BCUT2D eigenvalue weighted by Crippen LogP contribution is -2.36. The number of rotatable bonds is 4. The van der Waals surface area contributed by atoms with Crippen molar-refractivity contribution in [2.45, 2.75) is 19.1 Å². The van der Waals surface area contributed by atoms with Crippen molar-refractivity contribution in [1.82, 2.24) is 5.32 Å². The number of amides is 2. The van der Waals surface area contributed by atoms with E-state index in [2.05, 4.69) is 5.32 Å². The van der Waals surface area contributed by atoms with Crippen molar-refractivity contribution >= 4 is 17.5 Å². The average molecular weight is 380 g/mol. The van der Waals surface area contributed by atoms with Gasteiger partial charge in [0.05, 0.1) is 5.56 Å². The quantitative estimate of drug-likeness (QED) is 0.652. The maximum absolute atomic E-state index is 13.0. The molecule has 1 saturated heterocycles. The normalized spacial score (nSPS) is 17.3. The predicted molar refractivity (Wildman–Crippen MR) is 90.2 cm³/mol. The number of hydrogen-bond donors (Lipinski definition) is 1. The summed E-state index contributed by atoms with van der Waals surface area (Å²) in [6.07, 6.45) is -4.18. The predicted octanol–water partition coefficient (Wildman–Crippen LogP) is 3.51. The molecular formula is C19H16F4N2O2. The summed E-state index contributed by atoms with van der Waals surface area (Å²) in [5.74, 6) is -2.30. The molecule has 0 unspecified atom stereocenters. The highest BCUT2D eigenvalue weighted by molar-refractivity contribution is 6.09. The lowest BCUT2D eigenvalue weighted by Gasteiger charge is -2.17. The molecule has 0 bridgehead atoms. The standard InChI is InChI=1S/C19H16F4N2O2/c20-14-4-6-15(7-5-14)25-9-8-16(18(25)27)17(26)24-11-12-2-1-3-13(10-12)19(21,22)23/h1-7,10,16H,8-9,11H2,(H,24,26)/t16-/m1/s1. The Morgan fingerprint density at radius 2 is 1.85 bits per heavy atom. The molecule has 1 aliphatic heterocycles. The lowest BCUT2D eigenvalue weighted by molar-refractivity contribution is -0.137. The van der Waals surface area contributed by atoms with Gasteiger partial charge in [0.1, 0.15) is 11.7 Å². The van der Waals surface area contributed by atoms with E-state index in [0.29, 0.717) is 17.8 Å². The summed E-state index contributed by atoms with van der Waals surface area (Å²) >= 11 is 0. The van der Waals surface area contributed by atoms with E-state index in [1.807, 2.05) is 0 Å². The van der Waals surface area contributed by atoms with E-state index in [1.165, 1.54) is 41.3 Å². The zero-order valence-corrected chi connectivity index (χ0v) is 14.1. The van der Waals surface area contributed by atoms with Gasteiger partial charge in [-0.3, -0.25) is 9.59 Å². The SMILES string of the molecule is O=C(NCc1cccc(C(F)(F)F)c1)[C@H]1CCN(c2ccc(F)cc2)C1=O. The maximum atomic E-state index is 13.0. The number of nitrogens with one attached hydrogen (secondary N) is 1. The van der Waals surface area contributed by atoms with Gasteiger partial charge in [0.15, 0.2) is 0 Å². The fourth-order valence-corrected chi connectivity index (χ4v) is 2.97. The van der Waals surface area contributed by atoms with Gasteiger partial charge in [-0.2, -0.15) is 13.2 Å². The Morgan fingerprint density at radius 1 is 1.15 bits per heavy atom. The van der Waals surface area contributed by atoms with Crippen LogP contribution < -0.4 is 10.2 Å². The van der Waals surface area contributed by atoms with Crippen molar-refractivity contribution in [1.29, 1.82) is 0 Å². The van der Waals surface area contributed by atoms with Gasteiger partial charge < -0.3 is 10.2 Å². The number of halogens is 4. The van der Waals surface area contributed by atoms with Crippen LogP contribution in [0.15, 0.2) is 48.5 Å². The molecule has 3 rings (SSSR count). The van der Waals surface area contributed by atoms with E-state index in [4.69, 9.17) is 0 Å². The maximum Gasteiger partial charge on any atom is 0.416 e. The molecule has 4 nitrogen and oxygen atoms in total. The topological polar surface area (TPSA) is 49.4 Å². The van der Waals surface area contributed by atoms with Crippen LogP contribution in [0.25, 0.3) is 0 Å². The minimum Gasteiger partial charge on any atom is -0.351 e. The van der Waals surface area contributed by atoms with Gasteiger partial charge in [-0.25, -0.2) is 4.39 Å². The number of anilines is 1. The molecule has 8 heteroatoms. The molecule has 0 saturated carbocycles. The first-order valence-corrected chi connectivity index (χ1v) is 8.26. The van der Waals surface area contributed by atoms with E-state index in [0.717, 1.165) is 12.1 Å². The van der Waals surface area contributed by atoms with Gasteiger partial charge >= 0.3 is 6.18 Å². The highest BCUT2D eigenvalue weighted by atomic mass is 19.4. The summed E-state index contributed by atoms with van der Waals surface area (Å²) in [4.78, 5) is 26.1. The number of benzene rings is 2. The molecule has 1 fully saturated rings. The van der Waals surface area contributed by atoms with E-state index < -0.39 is 35.3 Å². The van der Waals surface area contributed by atoms with Crippen molar-refractivity contribution in [3.63, 3.8) is 0 Å². The van der Waals surface area contributed by atoms with E-state index in [-0.39, 0.29) is 13.0 Å². The molecule has 1 atom stereocenters. The van der Waals surface area contributed by atoms with Crippen LogP contribution in [-0.2, 0) is 22.3 Å². The van der Waals surface area contributed by atoms with Gasteiger partial charge in [-0.15, -0.1) is 0 Å². The van der Waals surface area contributed by atoms with Gasteiger partial charge in [0.2, 0.25) is 11.8 Å². The Labute approximate surface area is 152 Å². The molecule has 1 aliphatic rings. The Balaban J connectivity index is 1.62. The fourth-order valence-electron chi connectivity index (χ4n) is 2.97. The Bertz CT molecular complexity index is 850. The molecule has 2 amide bonds. The van der Waals surface area contributed by atoms with Crippen LogP contribution in [0.2, 0.25) is 0 Å². The molecule has 0 spiro atoms. The first-order valence-electron chi connectivity index (χ1n) is 8.26. The molecule has 2 aromatic carbocycles. The Morgan fingerprint density at radius 3 is 2.52 bits per heavy atom. The summed E-state index contributed by atoms with van der Waals surface area (Å²) in [5.41, 5.74) is -0.0118. The molecular weight excluding hydrogens is 364 g/mol. The molecule has 27 heavy (non-hydrogen) atoms. The number of hydrogen-bond acceptors (Lipinski definition) is 2. The zero-order valence-electron chi connectivity index (χ0n) is 14.1. The van der Waals surface area contributed by atoms with Crippen molar-refractivity contribution in [3.8, 4) is 0 Å². The molecule has 0 aromatic heterocycles. The van der Waals surface area contributed by atoms with Crippen LogP contribution in [0, 0.1) is 11.7 Å². The summed E-state index contributed by atoms with van der Waals surface area (Å²) in [5, 5.41) is 2.52. The van der Waals surface area contributed by atoms with Crippen molar-refractivity contribution < 1.29 is 27.2 Å². The first-order chi connectivity index (χ1) is 12.8. The average Bonchev–Trinajstić information content (AvgIpc) is 3.01. The van der Waals surface area contributed by atoms with E-state index >= 15 is 0 Å². The summed E-state index contributed by atoms with van der Waals surface area (Å²) in [7, 11) is 0. The lowest BCUT2D eigenvalue weighted by atomic mass is 10.1. The van der Waals surface area contributed by atoms with Gasteiger partial charge in [-0.1, -0.05) is 12.1 Å². The fraction of sp³-hybridized carbons (Fsp3) is 0.263. The summed E-state index contributed by atoms with van der Waals surface area (Å²) in [6.45, 7) is 0.204. The minimum absolute atomic E-state index is 0.108. The third-order valence-electron chi connectivity index (χ3n) is 4.38. The Kier molecular flexibility index (Phi) is 5.16. The Hall–Kier alpha value is -2.90. The van der Waals surface area contributed by atoms with Crippen LogP contribution in [0.1, 0.15) is 17.5 Å². The largest absolute Gasteiger partial charge is 0.416 e. The van der Waals surface area contributed by atoms with Crippen LogP contribution in [0.4, 0.5) is 23.2 Å². The van der Waals surface area contributed by atoms with Crippen LogP contribution >= 0.6 is 0 Å². The second kappa shape index (κ2) is 7.38. The summed E-state index contributed by atoms with van der Waals surface area (Å²) in [6, 6.07) is 10.0. The van der Waals surface area contributed by atoms with Crippen LogP contribution in [-0.4, -0.2) is 18.4 Å². The molecule has 1 heterocycles. The van der Waals surface area contributed by atoms with Crippen LogP contribution in [0.5, 0.6) is 0 Å². The van der Waals surface area contributed by atoms with Crippen molar-refractivity contribution in [2.24, 2.45) is 5.92 Å².